The van der Waals surface area contributed by atoms with Gasteiger partial charge in [0.25, 0.3) is 0 Å². The van der Waals surface area contributed by atoms with Crippen molar-refractivity contribution in [1.82, 2.24) is 0 Å². The number of rotatable bonds is 4. The van der Waals surface area contributed by atoms with Crippen LogP contribution < -0.4 is 0 Å². The van der Waals surface area contributed by atoms with Crippen LogP contribution in [0.2, 0.25) is 0 Å². The average Bonchev–Trinajstić information content (AvgIpc) is 2.06. The first-order valence-electron chi connectivity index (χ1n) is 3.39. The van der Waals surface area contributed by atoms with E-state index in [1.54, 1.807) is 6.92 Å². The van der Waals surface area contributed by atoms with E-state index >= 15 is 0 Å². The van der Waals surface area contributed by atoms with Gasteiger partial charge < -0.3 is 14.9 Å². The van der Waals surface area contributed by atoms with Gasteiger partial charge in [-0.15, -0.1) is 0 Å². The van der Waals surface area contributed by atoms with Gasteiger partial charge in [-0.1, -0.05) is 12.7 Å². The molecule has 0 aromatic carbocycles. The van der Waals surface area contributed by atoms with Crippen molar-refractivity contribution in [3.8, 4) is 0 Å². The summed E-state index contributed by atoms with van der Waals surface area (Å²) in [7, 11) is 0. The van der Waals surface area contributed by atoms with Crippen LogP contribution in [0.4, 0.5) is 0 Å². The Morgan fingerprint density at radius 2 is 2.42 bits per heavy atom. The molecule has 0 aromatic rings. The van der Waals surface area contributed by atoms with E-state index in [-0.39, 0.29) is 12.3 Å². The molecule has 5 nitrogen and oxygen atoms in total. The number of diazo groups is 1. The van der Waals surface area contributed by atoms with Gasteiger partial charge in [0, 0.05) is 0 Å². The number of hydrogen-bond donors (Lipinski definition) is 2. The zero-order chi connectivity index (χ0) is 9.56. The van der Waals surface area contributed by atoms with E-state index in [1.807, 2.05) is 0 Å². The van der Waals surface area contributed by atoms with Crippen LogP contribution >= 0.6 is 0 Å². The fraction of sp³-hybridized carbons (Fsp3) is 0.429. The summed E-state index contributed by atoms with van der Waals surface area (Å²) in [5.41, 5.74) is -0.355. The Labute approximate surface area is 70.2 Å². The maximum absolute atomic E-state index is 9.05. The highest BCUT2D eigenvalue weighted by atomic mass is 16.6. The fourth-order valence-corrected chi connectivity index (χ4v) is 0.551. The highest BCUT2D eigenvalue weighted by Gasteiger charge is 2.27. The molecule has 0 rings (SSSR count). The van der Waals surface area contributed by atoms with Gasteiger partial charge in [0.05, 0.1) is 6.61 Å². The minimum Gasteiger partial charge on any atom is -0.475 e. The van der Waals surface area contributed by atoms with E-state index in [4.69, 9.17) is 15.6 Å². The summed E-state index contributed by atoms with van der Waals surface area (Å²) in [5.74, 6) is -0.604. The fourth-order valence-electron chi connectivity index (χ4n) is 0.551. The van der Waals surface area contributed by atoms with Crippen molar-refractivity contribution in [2.24, 2.45) is 0 Å². The molecular formula is C7H11N2O3+. The highest BCUT2D eigenvalue weighted by Crippen LogP contribution is 2.10. The monoisotopic (exact) mass is 171 g/mol. The van der Waals surface area contributed by atoms with Crippen molar-refractivity contribution in [1.29, 1.82) is 5.39 Å². The Kier molecular flexibility index (Phi) is 4.49. The van der Waals surface area contributed by atoms with E-state index in [9.17, 15) is 0 Å². The molecule has 0 saturated carbocycles. The Morgan fingerprint density at radius 1 is 1.83 bits per heavy atom. The smallest absolute Gasteiger partial charge is 0.472 e. The summed E-state index contributed by atoms with van der Waals surface area (Å²) in [6.45, 7) is 5.11. The van der Waals surface area contributed by atoms with Crippen molar-refractivity contribution in [3.63, 3.8) is 0 Å². The average molecular weight is 171 g/mol. The number of ether oxygens (including phenoxy) is 1. The van der Waals surface area contributed by atoms with Gasteiger partial charge in [0.1, 0.15) is 0 Å². The Balaban J connectivity index is 4.62. The molecule has 0 spiro atoms. The lowest BCUT2D eigenvalue weighted by molar-refractivity contribution is 0.0913. The Bertz CT molecular complexity index is 229. The topological polar surface area (TPSA) is 77.8 Å². The van der Waals surface area contributed by atoms with E-state index in [2.05, 4.69) is 16.3 Å². The third kappa shape index (κ3) is 2.60. The minimum absolute atomic E-state index is 0.217. The molecule has 0 aliphatic heterocycles. The molecule has 0 radical (unpaired) electrons. The van der Waals surface area contributed by atoms with E-state index in [0.717, 1.165) is 6.08 Å². The first-order valence-corrected chi connectivity index (χ1v) is 3.39. The molecule has 12 heavy (non-hydrogen) atoms. The first-order chi connectivity index (χ1) is 5.67. The minimum atomic E-state index is -1.23. The van der Waals surface area contributed by atoms with Crippen molar-refractivity contribution in [3.05, 3.63) is 29.3 Å². The zero-order valence-corrected chi connectivity index (χ0v) is 6.77. The lowest BCUT2D eigenvalue weighted by atomic mass is 10.3. The van der Waals surface area contributed by atoms with Crippen LogP contribution in [0.15, 0.2) is 24.3 Å². The van der Waals surface area contributed by atoms with Crippen molar-refractivity contribution in [2.75, 3.05) is 6.61 Å². The predicted octanol–water partition coefficient (Wildman–Crippen LogP) is 1.15. The summed E-state index contributed by atoms with van der Waals surface area (Å²) in [5, 5.41) is 26.4. The molecule has 0 bridgehead atoms. The maximum atomic E-state index is 9.05. The van der Waals surface area contributed by atoms with E-state index in [1.165, 1.54) is 0 Å². The van der Waals surface area contributed by atoms with Gasteiger partial charge in [0.15, 0.2) is 11.1 Å². The molecule has 0 aliphatic rings. The van der Waals surface area contributed by atoms with Crippen LogP contribution in [0.25, 0.3) is 4.98 Å². The van der Waals surface area contributed by atoms with E-state index < -0.39 is 12.0 Å². The van der Waals surface area contributed by atoms with Crippen LogP contribution in [0.3, 0.4) is 0 Å². The molecule has 0 aromatic heterocycles. The third-order valence-corrected chi connectivity index (χ3v) is 1.11. The SMILES string of the molecule is C=CC(O)/C([N+]#N)=C(\O)OCC. The molecule has 1 unspecified atom stereocenters. The predicted molar refractivity (Wildman–Crippen MR) is 42.6 cm³/mol. The second kappa shape index (κ2) is 5.16. The van der Waals surface area contributed by atoms with Gasteiger partial charge in [0.2, 0.25) is 5.39 Å². The van der Waals surface area contributed by atoms with Crippen LogP contribution in [-0.4, -0.2) is 22.9 Å². The second-order valence-electron chi connectivity index (χ2n) is 1.90. The summed E-state index contributed by atoms with van der Waals surface area (Å²) in [6, 6.07) is 0. The highest BCUT2D eigenvalue weighted by molar-refractivity contribution is 5.19. The van der Waals surface area contributed by atoms with Gasteiger partial charge >= 0.3 is 11.6 Å². The van der Waals surface area contributed by atoms with Crippen LogP contribution in [0.5, 0.6) is 0 Å². The van der Waals surface area contributed by atoms with Crippen LogP contribution in [0.1, 0.15) is 6.92 Å². The van der Waals surface area contributed by atoms with Gasteiger partial charge in [-0.3, -0.25) is 0 Å². The quantitative estimate of drug-likeness (QED) is 0.378. The molecule has 2 N–H and O–H groups in total. The lowest BCUT2D eigenvalue weighted by Gasteiger charge is -1.98. The molecule has 66 valence electrons. The van der Waals surface area contributed by atoms with Gasteiger partial charge in [-0.25, -0.2) is 0 Å². The number of nitrogens with zero attached hydrogens (tertiary/aromatic N) is 2. The molecular weight excluding hydrogens is 160 g/mol. The van der Waals surface area contributed by atoms with Crippen LogP contribution in [-0.2, 0) is 4.74 Å². The molecule has 5 heteroatoms. The maximum Gasteiger partial charge on any atom is 0.472 e. The summed E-state index contributed by atoms with van der Waals surface area (Å²) in [4.78, 5) is 2.66. The summed E-state index contributed by atoms with van der Waals surface area (Å²) in [6.07, 6.45) is -0.133. The Morgan fingerprint density at radius 3 is 2.75 bits per heavy atom. The molecule has 0 amide bonds. The van der Waals surface area contributed by atoms with Gasteiger partial charge in [-0.05, 0) is 6.92 Å². The Hall–Kier alpha value is -1.54. The zero-order valence-electron chi connectivity index (χ0n) is 6.77. The first kappa shape index (κ1) is 10.5. The lowest BCUT2D eigenvalue weighted by Crippen LogP contribution is -2.08. The van der Waals surface area contributed by atoms with E-state index in [0.29, 0.717) is 0 Å². The van der Waals surface area contributed by atoms with Crippen molar-refractivity contribution in [2.45, 2.75) is 13.0 Å². The molecule has 0 saturated heterocycles. The molecule has 0 heterocycles. The normalized spacial score (nSPS) is 14.1. The summed E-state index contributed by atoms with van der Waals surface area (Å²) >= 11 is 0. The molecule has 0 aliphatic carbocycles. The second-order valence-corrected chi connectivity index (χ2v) is 1.90. The largest absolute Gasteiger partial charge is 0.475 e. The molecule has 0 fully saturated rings. The van der Waals surface area contributed by atoms with Crippen LogP contribution in [0, 0.1) is 5.39 Å². The summed E-state index contributed by atoms with van der Waals surface area (Å²) < 4.78 is 4.59. The third-order valence-electron chi connectivity index (χ3n) is 1.11. The standard InChI is InChI=1S/C7H10N2O3/c1-3-5(10)6(9-8)7(11)12-4-2/h3,5,10H,1,4H2,2H3/p+1/b7-6-. The number of aliphatic hydroxyl groups is 2. The number of hydrogen-bond acceptors (Lipinski definition) is 4. The van der Waals surface area contributed by atoms with Crippen molar-refractivity contribution < 1.29 is 14.9 Å². The number of aliphatic hydroxyl groups excluding tert-OH is 2. The van der Waals surface area contributed by atoms with Crippen molar-refractivity contribution >= 4 is 0 Å². The molecule has 1 atom stereocenters. The van der Waals surface area contributed by atoms with Gasteiger partial charge in [-0.2, -0.15) is 0 Å².